The van der Waals surface area contributed by atoms with Crippen LogP contribution in [-0.2, 0) is 19.0 Å². The normalized spacial score (nSPS) is 26.3. The largest absolute Gasteiger partial charge is 0.367 e. The minimum atomic E-state index is -0.446. The lowest BCUT2D eigenvalue weighted by Gasteiger charge is -2.37. The minimum Gasteiger partial charge on any atom is -0.367 e. The summed E-state index contributed by atoms with van der Waals surface area (Å²) in [6, 6.07) is 6.23. The van der Waals surface area contributed by atoms with Gasteiger partial charge in [-0.3, -0.25) is 4.79 Å². The molecule has 2 fully saturated rings. The maximum Gasteiger partial charge on any atom is 0.227 e. The highest BCUT2D eigenvalue weighted by atomic mass is 19.1. The number of morpholine rings is 1. The lowest BCUT2D eigenvalue weighted by Crippen LogP contribution is -2.47. The smallest absolute Gasteiger partial charge is 0.227 e. The summed E-state index contributed by atoms with van der Waals surface area (Å²) in [5.74, 6) is -0.281. The maximum atomic E-state index is 13.1. The first kappa shape index (κ1) is 16.4. The van der Waals surface area contributed by atoms with Crippen molar-refractivity contribution in [2.45, 2.75) is 38.3 Å². The van der Waals surface area contributed by atoms with Crippen LogP contribution in [0.15, 0.2) is 24.3 Å². The maximum absolute atomic E-state index is 13.1. The standard InChI is InChI=1S/C17H22FNO4/c1-12-10-19(16(20)9-17-21-7-2-8-22-17)11-15(23-12)13-3-5-14(18)6-4-13/h3-6,12,15,17H,2,7-11H2,1H3/t12-,15-/m0/s1. The van der Waals surface area contributed by atoms with Gasteiger partial charge in [0.15, 0.2) is 6.29 Å². The van der Waals surface area contributed by atoms with Crippen molar-refractivity contribution in [2.75, 3.05) is 26.3 Å². The molecule has 0 bridgehead atoms. The second kappa shape index (κ2) is 7.38. The van der Waals surface area contributed by atoms with Crippen LogP contribution in [0.1, 0.15) is 31.4 Å². The van der Waals surface area contributed by atoms with Crippen LogP contribution in [-0.4, -0.2) is 49.5 Å². The quantitative estimate of drug-likeness (QED) is 0.856. The van der Waals surface area contributed by atoms with E-state index >= 15 is 0 Å². The number of hydrogen-bond donors (Lipinski definition) is 0. The average molecular weight is 323 g/mol. The van der Waals surface area contributed by atoms with E-state index in [9.17, 15) is 9.18 Å². The van der Waals surface area contributed by atoms with Crippen LogP contribution in [0.2, 0.25) is 0 Å². The van der Waals surface area contributed by atoms with Crippen LogP contribution in [0.4, 0.5) is 4.39 Å². The molecule has 0 aromatic heterocycles. The molecule has 5 nitrogen and oxygen atoms in total. The zero-order valence-electron chi connectivity index (χ0n) is 13.2. The van der Waals surface area contributed by atoms with E-state index < -0.39 is 6.29 Å². The lowest BCUT2D eigenvalue weighted by molar-refractivity contribution is -0.190. The van der Waals surface area contributed by atoms with Gasteiger partial charge in [0.05, 0.1) is 32.3 Å². The predicted octanol–water partition coefficient (Wildman–Crippen LogP) is 2.27. The van der Waals surface area contributed by atoms with Crippen molar-refractivity contribution in [2.24, 2.45) is 0 Å². The van der Waals surface area contributed by atoms with Gasteiger partial charge in [0.2, 0.25) is 5.91 Å². The Morgan fingerprint density at radius 3 is 2.61 bits per heavy atom. The van der Waals surface area contributed by atoms with E-state index in [-0.39, 0.29) is 30.4 Å². The Hall–Kier alpha value is -1.50. The van der Waals surface area contributed by atoms with Crippen LogP contribution in [0.25, 0.3) is 0 Å². The van der Waals surface area contributed by atoms with Crippen molar-refractivity contribution in [3.8, 4) is 0 Å². The van der Waals surface area contributed by atoms with Crippen molar-refractivity contribution in [1.82, 2.24) is 4.90 Å². The van der Waals surface area contributed by atoms with Crippen molar-refractivity contribution >= 4 is 5.91 Å². The topological polar surface area (TPSA) is 48.0 Å². The molecule has 1 aromatic rings. The summed E-state index contributed by atoms with van der Waals surface area (Å²) in [6.45, 7) is 4.21. The molecule has 0 spiro atoms. The van der Waals surface area contributed by atoms with Gasteiger partial charge in [-0.25, -0.2) is 4.39 Å². The highest BCUT2D eigenvalue weighted by Gasteiger charge is 2.31. The number of halogens is 1. The van der Waals surface area contributed by atoms with Crippen LogP contribution in [0.5, 0.6) is 0 Å². The molecule has 1 amide bonds. The van der Waals surface area contributed by atoms with Crippen LogP contribution in [0, 0.1) is 5.82 Å². The molecular weight excluding hydrogens is 301 g/mol. The van der Waals surface area contributed by atoms with E-state index in [1.807, 2.05) is 6.92 Å². The molecule has 2 aliphatic rings. The molecule has 0 saturated carbocycles. The Bertz CT molecular complexity index is 530. The van der Waals surface area contributed by atoms with Crippen molar-refractivity contribution in [3.05, 3.63) is 35.6 Å². The molecule has 3 rings (SSSR count). The van der Waals surface area contributed by atoms with Gasteiger partial charge < -0.3 is 19.1 Å². The summed E-state index contributed by atoms with van der Waals surface area (Å²) in [5, 5.41) is 0. The van der Waals surface area contributed by atoms with Gasteiger partial charge in [0.25, 0.3) is 0 Å². The van der Waals surface area contributed by atoms with Crippen LogP contribution in [0.3, 0.4) is 0 Å². The highest BCUT2D eigenvalue weighted by molar-refractivity contribution is 5.76. The number of nitrogens with zero attached hydrogens (tertiary/aromatic N) is 1. The fraction of sp³-hybridized carbons (Fsp3) is 0.588. The van der Waals surface area contributed by atoms with Gasteiger partial charge in [0.1, 0.15) is 11.9 Å². The Labute approximate surface area is 135 Å². The number of carbonyl (C=O) groups excluding carboxylic acids is 1. The number of benzene rings is 1. The summed E-state index contributed by atoms with van der Waals surface area (Å²) in [6.07, 6.45) is 0.334. The summed E-state index contributed by atoms with van der Waals surface area (Å²) in [5.41, 5.74) is 0.876. The first-order valence-electron chi connectivity index (χ1n) is 8.04. The third-order valence-electron chi connectivity index (χ3n) is 4.09. The third-order valence-corrected chi connectivity index (χ3v) is 4.09. The summed E-state index contributed by atoms with van der Waals surface area (Å²) < 4.78 is 29.9. The second-order valence-electron chi connectivity index (χ2n) is 6.01. The molecule has 2 aliphatic heterocycles. The number of hydrogen-bond acceptors (Lipinski definition) is 4. The molecule has 2 saturated heterocycles. The number of amides is 1. The van der Waals surface area contributed by atoms with Crippen LogP contribution >= 0.6 is 0 Å². The van der Waals surface area contributed by atoms with Crippen molar-refractivity contribution in [1.29, 1.82) is 0 Å². The van der Waals surface area contributed by atoms with E-state index in [0.717, 1.165) is 12.0 Å². The molecule has 6 heteroatoms. The fourth-order valence-corrected chi connectivity index (χ4v) is 2.94. The Kier molecular flexibility index (Phi) is 5.25. The molecular formula is C17H22FNO4. The summed E-state index contributed by atoms with van der Waals surface area (Å²) in [4.78, 5) is 14.3. The highest BCUT2D eigenvalue weighted by Crippen LogP contribution is 2.26. The molecule has 0 radical (unpaired) electrons. The molecule has 23 heavy (non-hydrogen) atoms. The molecule has 0 aliphatic carbocycles. The number of ether oxygens (including phenoxy) is 3. The van der Waals surface area contributed by atoms with E-state index in [4.69, 9.17) is 14.2 Å². The molecule has 0 N–H and O–H groups in total. The summed E-state index contributed by atoms with van der Waals surface area (Å²) in [7, 11) is 0. The number of rotatable bonds is 3. The van der Waals surface area contributed by atoms with Gasteiger partial charge in [0, 0.05) is 6.54 Å². The minimum absolute atomic E-state index is 0.000776. The van der Waals surface area contributed by atoms with E-state index in [1.54, 1.807) is 17.0 Å². The molecule has 1 aromatic carbocycles. The average Bonchev–Trinajstić information content (AvgIpc) is 2.56. The van der Waals surface area contributed by atoms with Crippen molar-refractivity contribution in [3.63, 3.8) is 0 Å². The molecule has 2 atom stereocenters. The van der Waals surface area contributed by atoms with Gasteiger partial charge in [-0.2, -0.15) is 0 Å². The molecule has 0 unspecified atom stereocenters. The first-order valence-corrected chi connectivity index (χ1v) is 8.04. The van der Waals surface area contributed by atoms with Gasteiger partial charge in [-0.1, -0.05) is 12.1 Å². The van der Waals surface area contributed by atoms with Crippen LogP contribution < -0.4 is 0 Å². The Morgan fingerprint density at radius 2 is 1.91 bits per heavy atom. The fourth-order valence-electron chi connectivity index (χ4n) is 2.94. The third kappa shape index (κ3) is 4.28. The predicted molar refractivity (Wildman–Crippen MR) is 81.2 cm³/mol. The zero-order chi connectivity index (χ0) is 16.2. The Balaban J connectivity index is 1.62. The summed E-state index contributed by atoms with van der Waals surface area (Å²) >= 11 is 0. The van der Waals surface area contributed by atoms with Gasteiger partial charge in [-0.05, 0) is 31.0 Å². The van der Waals surface area contributed by atoms with E-state index in [2.05, 4.69) is 0 Å². The van der Waals surface area contributed by atoms with Crippen molar-refractivity contribution < 1.29 is 23.4 Å². The second-order valence-corrected chi connectivity index (χ2v) is 6.01. The van der Waals surface area contributed by atoms with E-state index in [1.165, 1.54) is 12.1 Å². The molecule has 126 valence electrons. The number of carbonyl (C=O) groups is 1. The van der Waals surface area contributed by atoms with Gasteiger partial charge >= 0.3 is 0 Å². The monoisotopic (exact) mass is 323 g/mol. The SMILES string of the molecule is C[C@H]1CN(C(=O)CC2OCCCO2)C[C@@H](c2ccc(F)cc2)O1. The Morgan fingerprint density at radius 1 is 1.22 bits per heavy atom. The van der Waals surface area contributed by atoms with Gasteiger partial charge in [-0.15, -0.1) is 0 Å². The zero-order valence-corrected chi connectivity index (χ0v) is 13.2. The molecule has 2 heterocycles. The lowest BCUT2D eigenvalue weighted by atomic mass is 10.1. The van der Waals surface area contributed by atoms with E-state index in [0.29, 0.717) is 26.3 Å². The first-order chi connectivity index (χ1) is 11.1.